The Bertz CT molecular complexity index is 114. The third kappa shape index (κ3) is 10.2. The van der Waals surface area contributed by atoms with Gasteiger partial charge in [0.05, 0.1) is 6.61 Å². The molecule has 0 fully saturated rings. The molecular weight excluding hydrogens is 190 g/mol. The van der Waals surface area contributed by atoms with Crippen LogP contribution in [0.25, 0.3) is 0 Å². The number of ether oxygens (including phenoxy) is 2. The second kappa shape index (κ2) is 12.0. The van der Waals surface area contributed by atoms with E-state index in [1.54, 1.807) is 7.11 Å². The molecule has 3 nitrogen and oxygen atoms in total. The number of likely N-dealkylation sites (N-methyl/N-ethyl adjacent to an activating group) is 1. The van der Waals surface area contributed by atoms with Crippen molar-refractivity contribution in [1.82, 2.24) is 5.32 Å². The molecule has 92 valence electrons. The molecule has 1 atom stereocenters. The van der Waals surface area contributed by atoms with Crippen LogP contribution in [0.2, 0.25) is 0 Å². The van der Waals surface area contributed by atoms with E-state index < -0.39 is 0 Å². The van der Waals surface area contributed by atoms with Crippen molar-refractivity contribution in [1.29, 1.82) is 0 Å². The fraction of sp³-hybridized carbons (Fsp3) is 1.00. The van der Waals surface area contributed by atoms with Gasteiger partial charge in [-0.2, -0.15) is 0 Å². The Morgan fingerprint density at radius 3 is 2.47 bits per heavy atom. The smallest absolute Gasteiger partial charge is 0.0615 e. The molecule has 0 heterocycles. The summed E-state index contributed by atoms with van der Waals surface area (Å²) < 4.78 is 10.7. The first kappa shape index (κ1) is 14.9. The van der Waals surface area contributed by atoms with Gasteiger partial charge in [0, 0.05) is 26.4 Å². The minimum Gasteiger partial charge on any atom is -0.383 e. The zero-order valence-corrected chi connectivity index (χ0v) is 10.6. The van der Waals surface area contributed by atoms with Gasteiger partial charge < -0.3 is 14.8 Å². The third-order valence-electron chi connectivity index (χ3n) is 2.34. The minimum atomic E-state index is 0.481. The Balaban J connectivity index is 3.28. The molecule has 1 unspecified atom stereocenters. The van der Waals surface area contributed by atoms with Gasteiger partial charge in [-0.05, 0) is 25.8 Å². The van der Waals surface area contributed by atoms with Crippen LogP contribution in [0, 0.1) is 0 Å². The highest BCUT2D eigenvalue weighted by Crippen LogP contribution is 1.99. The standard InChI is InChI=1S/C12H27NO2/c1-4-6-9-15-10-7-8-12(11-14-3)13-5-2/h12-13H,4-11H2,1-3H3. The van der Waals surface area contributed by atoms with Crippen LogP contribution in [0.5, 0.6) is 0 Å². The monoisotopic (exact) mass is 217 g/mol. The van der Waals surface area contributed by atoms with Crippen molar-refractivity contribution in [2.45, 2.75) is 45.6 Å². The van der Waals surface area contributed by atoms with E-state index in [1.807, 2.05) is 0 Å². The van der Waals surface area contributed by atoms with Gasteiger partial charge in [-0.3, -0.25) is 0 Å². The lowest BCUT2D eigenvalue weighted by molar-refractivity contribution is 0.116. The van der Waals surface area contributed by atoms with E-state index in [1.165, 1.54) is 12.8 Å². The van der Waals surface area contributed by atoms with Crippen molar-refractivity contribution < 1.29 is 9.47 Å². The van der Waals surface area contributed by atoms with Crippen molar-refractivity contribution >= 4 is 0 Å². The summed E-state index contributed by atoms with van der Waals surface area (Å²) in [6.07, 6.45) is 4.64. The Morgan fingerprint density at radius 2 is 1.87 bits per heavy atom. The molecular formula is C12H27NO2. The van der Waals surface area contributed by atoms with Gasteiger partial charge in [0.25, 0.3) is 0 Å². The first-order chi connectivity index (χ1) is 7.35. The number of methoxy groups -OCH3 is 1. The van der Waals surface area contributed by atoms with Crippen LogP contribution in [-0.4, -0.2) is 39.5 Å². The van der Waals surface area contributed by atoms with Crippen LogP contribution in [0.15, 0.2) is 0 Å². The zero-order chi connectivity index (χ0) is 11.4. The van der Waals surface area contributed by atoms with Gasteiger partial charge in [0.15, 0.2) is 0 Å². The summed E-state index contributed by atoms with van der Waals surface area (Å²) >= 11 is 0. The second-order valence-electron chi connectivity index (χ2n) is 3.82. The Morgan fingerprint density at radius 1 is 1.13 bits per heavy atom. The quantitative estimate of drug-likeness (QED) is 0.538. The summed E-state index contributed by atoms with van der Waals surface area (Å²) in [5.41, 5.74) is 0. The van der Waals surface area contributed by atoms with Crippen molar-refractivity contribution in [3.8, 4) is 0 Å². The number of unbranched alkanes of at least 4 members (excludes halogenated alkanes) is 1. The highest BCUT2D eigenvalue weighted by molar-refractivity contribution is 4.64. The molecule has 0 spiro atoms. The van der Waals surface area contributed by atoms with Crippen LogP contribution in [0.3, 0.4) is 0 Å². The van der Waals surface area contributed by atoms with E-state index in [2.05, 4.69) is 19.2 Å². The van der Waals surface area contributed by atoms with Gasteiger partial charge in [0.1, 0.15) is 0 Å². The van der Waals surface area contributed by atoms with Crippen molar-refractivity contribution in [3.05, 3.63) is 0 Å². The molecule has 0 rings (SSSR count). The molecule has 1 N–H and O–H groups in total. The summed E-state index contributed by atoms with van der Waals surface area (Å²) in [7, 11) is 1.75. The topological polar surface area (TPSA) is 30.5 Å². The molecule has 0 radical (unpaired) electrons. The number of hydrogen-bond donors (Lipinski definition) is 1. The SMILES string of the molecule is CCCCOCCCC(COC)NCC. The molecule has 0 aromatic carbocycles. The average molecular weight is 217 g/mol. The molecule has 0 amide bonds. The van der Waals surface area contributed by atoms with E-state index >= 15 is 0 Å². The normalized spacial score (nSPS) is 13.0. The number of nitrogens with one attached hydrogen (secondary N) is 1. The van der Waals surface area contributed by atoms with Crippen LogP contribution >= 0.6 is 0 Å². The molecule has 0 bridgehead atoms. The lowest BCUT2D eigenvalue weighted by Gasteiger charge is -2.16. The molecule has 15 heavy (non-hydrogen) atoms. The lowest BCUT2D eigenvalue weighted by atomic mass is 10.2. The zero-order valence-electron chi connectivity index (χ0n) is 10.6. The summed E-state index contributed by atoms with van der Waals surface area (Å²) in [6.45, 7) is 7.90. The minimum absolute atomic E-state index is 0.481. The molecule has 0 aromatic heterocycles. The maximum atomic E-state index is 5.51. The third-order valence-corrected chi connectivity index (χ3v) is 2.34. The van der Waals surface area contributed by atoms with Gasteiger partial charge in [-0.15, -0.1) is 0 Å². The Kier molecular flexibility index (Phi) is 11.9. The second-order valence-corrected chi connectivity index (χ2v) is 3.82. The van der Waals surface area contributed by atoms with Gasteiger partial charge in [-0.1, -0.05) is 20.3 Å². The molecule has 0 aromatic rings. The molecule has 0 saturated heterocycles. The summed E-state index contributed by atoms with van der Waals surface area (Å²) in [5, 5.41) is 3.41. The fourth-order valence-electron chi connectivity index (χ4n) is 1.51. The first-order valence-electron chi connectivity index (χ1n) is 6.15. The predicted molar refractivity (Wildman–Crippen MR) is 64.3 cm³/mol. The van der Waals surface area contributed by atoms with E-state index in [0.29, 0.717) is 6.04 Å². The highest BCUT2D eigenvalue weighted by atomic mass is 16.5. The van der Waals surface area contributed by atoms with Crippen LogP contribution < -0.4 is 5.32 Å². The average Bonchev–Trinajstić information content (AvgIpc) is 2.24. The van der Waals surface area contributed by atoms with Gasteiger partial charge >= 0.3 is 0 Å². The summed E-state index contributed by atoms with van der Waals surface area (Å²) in [4.78, 5) is 0. The fourth-order valence-corrected chi connectivity index (χ4v) is 1.51. The predicted octanol–water partition coefficient (Wildman–Crippen LogP) is 2.21. The first-order valence-corrected chi connectivity index (χ1v) is 6.15. The van der Waals surface area contributed by atoms with E-state index in [9.17, 15) is 0 Å². The molecule has 0 saturated carbocycles. The highest BCUT2D eigenvalue weighted by Gasteiger charge is 2.05. The van der Waals surface area contributed by atoms with Crippen LogP contribution in [0.4, 0.5) is 0 Å². The van der Waals surface area contributed by atoms with Crippen LogP contribution in [-0.2, 0) is 9.47 Å². The molecule has 0 aliphatic carbocycles. The lowest BCUT2D eigenvalue weighted by Crippen LogP contribution is -2.33. The van der Waals surface area contributed by atoms with E-state index in [4.69, 9.17) is 9.47 Å². The summed E-state index contributed by atoms with van der Waals surface area (Å²) in [6, 6.07) is 0.481. The molecule has 3 heteroatoms. The molecule has 0 aliphatic rings. The number of hydrogen-bond acceptors (Lipinski definition) is 3. The maximum absolute atomic E-state index is 5.51. The van der Waals surface area contributed by atoms with Crippen molar-refractivity contribution in [2.75, 3.05) is 33.5 Å². The van der Waals surface area contributed by atoms with Crippen molar-refractivity contribution in [2.24, 2.45) is 0 Å². The Hall–Kier alpha value is -0.120. The van der Waals surface area contributed by atoms with Crippen LogP contribution in [0.1, 0.15) is 39.5 Å². The van der Waals surface area contributed by atoms with Crippen molar-refractivity contribution in [3.63, 3.8) is 0 Å². The Labute approximate surface area is 94.5 Å². The molecule has 0 aliphatic heterocycles. The van der Waals surface area contributed by atoms with E-state index in [0.717, 1.165) is 39.2 Å². The van der Waals surface area contributed by atoms with E-state index in [-0.39, 0.29) is 0 Å². The maximum Gasteiger partial charge on any atom is 0.0615 e. The largest absolute Gasteiger partial charge is 0.383 e. The van der Waals surface area contributed by atoms with Gasteiger partial charge in [-0.25, -0.2) is 0 Å². The number of rotatable bonds is 11. The summed E-state index contributed by atoms with van der Waals surface area (Å²) in [5.74, 6) is 0. The van der Waals surface area contributed by atoms with Gasteiger partial charge in [0.2, 0.25) is 0 Å².